The molecular formula is C19H20Cl3NO2. The van der Waals surface area contributed by atoms with Crippen LogP contribution >= 0.6 is 34.8 Å². The molecule has 0 unspecified atom stereocenters. The number of alkyl carbamates (subject to hydrolysis) is 1. The van der Waals surface area contributed by atoms with E-state index in [1.807, 2.05) is 63.2 Å². The van der Waals surface area contributed by atoms with Crippen molar-refractivity contribution in [1.29, 1.82) is 0 Å². The average Bonchev–Trinajstić information content (AvgIpc) is 2.52. The fourth-order valence-corrected chi connectivity index (χ4v) is 2.85. The van der Waals surface area contributed by atoms with Crippen molar-refractivity contribution in [2.75, 3.05) is 0 Å². The van der Waals surface area contributed by atoms with E-state index in [1.54, 1.807) is 6.08 Å². The molecule has 2 aromatic carbocycles. The van der Waals surface area contributed by atoms with Crippen LogP contribution in [-0.4, -0.2) is 16.0 Å². The Hall–Kier alpha value is -1.42. The summed E-state index contributed by atoms with van der Waals surface area (Å²) in [6.45, 7) is 5.56. The summed E-state index contributed by atoms with van der Waals surface area (Å²) >= 11 is 17.7. The van der Waals surface area contributed by atoms with Gasteiger partial charge in [0, 0.05) is 0 Å². The molecule has 0 radical (unpaired) electrons. The maximum atomic E-state index is 12.3. The lowest BCUT2D eigenvalue weighted by Gasteiger charge is -2.24. The fraction of sp³-hybridized carbons (Fsp3) is 0.316. The maximum absolute atomic E-state index is 12.3. The van der Waals surface area contributed by atoms with Crippen LogP contribution < -0.4 is 5.32 Å². The monoisotopic (exact) mass is 399 g/mol. The summed E-state index contributed by atoms with van der Waals surface area (Å²) in [5.41, 5.74) is 1.87. The van der Waals surface area contributed by atoms with E-state index in [9.17, 15) is 4.79 Å². The van der Waals surface area contributed by atoms with E-state index in [0.29, 0.717) is 0 Å². The molecule has 0 bridgehead atoms. The maximum Gasteiger partial charge on any atom is 0.408 e. The van der Waals surface area contributed by atoms with Gasteiger partial charge in [-0.15, -0.1) is 0 Å². The summed E-state index contributed by atoms with van der Waals surface area (Å²) in [6, 6.07) is 13.7. The molecule has 134 valence electrons. The Labute approximate surface area is 162 Å². The number of hydrogen-bond acceptors (Lipinski definition) is 2. The molecule has 2 rings (SSSR count). The van der Waals surface area contributed by atoms with Gasteiger partial charge in [-0.05, 0) is 43.2 Å². The normalized spacial score (nSPS) is 13.8. The van der Waals surface area contributed by atoms with Crippen molar-refractivity contribution >= 4 is 51.7 Å². The van der Waals surface area contributed by atoms with Crippen molar-refractivity contribution in [2.45, 2.75) is 36.7 Å². The smallest absolute Gasteiger partial charge is 0.408 e. The van der Waals surface area contributed by atoms with Crippen LogP contribution in [0.4, 0.5) is 4.79 Å². The Kier molecular flexibility index (Phi) is 6.61. The standard InChI is InChI=1S/C19H20Cl3NO2/c1-12(2)11-17(19(20,21)22)25-18(24)23-13(3)15-10-6-8-14-7-4-5-9-16(14)15/h4-11,13,17H,1-3H3,(H,23,24)/t13-,17-/m0/s1. The van der Waals surface area contributed by atoms with Crippen molar-refractivity contribution in [3.05, 3.63) is 59.7 Å². The Morgan fingerprint density at radius 2 is 1.76 bits per heavy atom. The number of fused-ring (bicyclic) bond motifs is 1. The van der Waals surface area contributed by atoms with Gasteiger partial charge in [0.05, 0.1) is 6.04 Å². The number of alkyl halides is 3. The van der Waals surface area contributed by atoms with Gasteiger partial charge in [0.2, 0.25) is 3.79 Å². The van der Waals surface area contributed by atoms with Crippen LogP contribution in [-0.2, 0) is 4.74 Å². The Balaban J connectivity index is 2.15. The highest BCUT2D eigenvalue weighted by Gasteiger charge is 2.34. The molecule has 1 amide bonds. The first-order valence-electron chi connectivity index (χ1n) is 7.85. The van der Waals surface area contributed by atoms with Crippen molar-refractivity contribution in [3.63, 3.8) is 0 Å². The number of carbonyl (C=O) groups is 1. The van der Waals surface area contributed by atoms with E-state index >= 15 is 0 Å². The predicted octanol–water partition coefficient (Wildman–Crippen LogP) is 6.33. The van der Waals surface area contributed by atoms with Gasteiger partial charge in [0.25, 0.3) is 0 Å². The number of ether oxygens (including phenoxy) is 1. The van der Waals surface area contributed by atoms with E-state index in [1.165, 1.54) is 0 Å². The van der Waals surface area contributed by atoms with Crippen LogP contribution in [0.1, 0.15) is 32.4 Å². The number of rotatable bonds is 4. The average molecular weight is 401 g/mol. The first-order chi connectivity index (χ1) is 11.7. The second-order valence-corrected chi connectivity index (χ2v) is 8.41. The van der Waals surface area contributed by atoms with Crippen molar-refractivity contribution in [3.8, 4) is 0 Å². The number of nitrogens with one attached hydrogen (secondary N) is 1. The molecule has 1 N–H and O–H groups in total. The lowest BCUT2D eigenvalue weighted by atomic mass is 10.00. The van der Waals surface area contributed by atoms with Gasteiger partial charge in [-0.25, -0.2) is 4.79 Å². The van der Waals surface area contributed by atoms with Crippen molar-refractivity contribution in [2.24, 2.45) is 0 Å². The van der Waals surface area contributed by atoms with Crippen LogP contribution in [0.3, 0.4) is 0 Å². The van der Waals surface area contributed by atoms with Crippen LogP contribution in [0.15, 0.2) is 54.1 Å². The molecule has 25 heavy (non-hydrogen) atoms. The minimum atomic E-state index is -1.74. The fourth-order valence-electron chi connectivity index (χ4n) is 2.53. The highest BCUT2D eigenvalue weighted by Crippen LogP contribution is 2.34. The topological polar surface area (TPSA) is 38.3 Å². The van der Waals surface area contributed by atoms with E-state index < -0.39 is 16.0 Å². The van der Waals surface area contributed by atoms with Gasteiger partial charge in [0.1, 0.15) is 0 Å². The zero-order valence-corrected chi connectivity index (χ0v) is 16.5. The molecule has 0 saturated heterocycles. The molecule has 0 aliphatic heterocycles. The lowest BCUT2D eigenvalue weighted by Crippen LogP contribution is -2.36. The summed E-state index contributed by atoms with van der Waals surface area (Å²) in [4.78, 5) is 12.3. The largest absolute Gasteiger partial charge is 0.437 e. The first kappa shape index (κ1) is 19.9. The SMILES string of the molecule is CC(C)=C[C@H](OC(=O)N[C@@H](C)c1cccc2ccccc12)C(Cl)(Cl)Cl. The molecule has 0 aliphatic carbocycles. The van der Waals surface area contributed by atoms with Crippen LogP contribution in [0.25, 0.3) is 10.8 Å². The van der Waals surface area contributed by atoms with Gasteiger partial charge in [-0.3, -0.25) is 0 Å². The molecule has 2 atom stereocenters. The predicted molar refractivity (Wildman–Crippen MR) is 105 cm³/mol. The number of amides is 1. The lowest BCUT2D eigenvalue weighted by molar-refractivity contribution is 0.118. The molecule has 0 fully saturated rings. The molecule has 0 aromatic heterocycles. The highest BCUT2D eigenvalue weighted by atomic mass is 35.6. The summed E-state index contributed by atoms with van der Waals surface area (Å²) in [6.07, 6.45) is -0.00806. The number of hydrogen-bond donors (Lipinski definition) is 1. The Morgan fingerprint density at radius 1 is 1.12 bits per heavy atom. The van der Waals surface area contributed by atoms with Gasteiger partial charge in [-0.2, -0.15) is 0 Å². The molecule has 6 heteroatoms. The third kappa shape index (κ3) is 5.53. The molecular weight excluding hydrogens is 381 g/mol. The van der Waals surface area contributed by atoms with Crippen LogP contribution in [0.5, 0.6) is 0 Å². The van der Waals surface area contributed by atoms with E-state index in [0.717, 1.165) is 21.9 Å². The molecule has 0 aliphatic rings. The Morgan fingerprint density at radius 3 is 2.40 bits per heavy atom. The third-order valence-corrected chi connectivity index (χ3v) is 4.31. The van der Waals surface area contributed by atoms with Gasteiger partial charge in [-0.1, -0.05) is 82.8 Å². The molecule has 2 aromatic rings. The molecule has 3 nitrogen and oxygen atoms in total. The Bertz CT molecular complexity index is 774. The van der Waals surface area contributed by atoms with E-state index in [4.69, 9.17) is 39.5 Å². The molecule has 0 saturated carbocycles. The van der Waals surface area contributed by atoms with Crippen LogP contribution in [0.2, 0.25) is 0 Å². The second kappa shape index (κ2) is 8.31. The zero-order chi connectivity index (χ0) is 18.6. The first-order valence-corrected chi connectivity index (χ1v) is 8.98. The second-order valence-electron chi connectivity index (χ2n) is 6.05. The van der Waals surface area contributed by atoms with Gasteiger partial charge >= 0.3 is 6.09 Å². The quantitative estimate of drug-likeness (QED) is 0.481. The minimum absolute atomic E-state index is 0.263. The highest BCUT2D eigenvalue weighted by molar-refractivity contribution is 6.68. The summed E-state index contributed by atoms with van der Waals surface area (Å²) in [5, 5.41) is 4.97. The van der Waals surface area contributed by atoms with Gasteiger partial charge < -0.3 is 10.1 Å². The number of halogens is 3. The van der Waals surface area contributed by atoms with Gasteiger partial charge in [0.15, 0.2) is 6.10 Å². The number of benzene rings is 2. The zero-order valence-electron chi connectivity index (χ0n) is 14.2. The van der Waals surface area contributed by atoms with E-state index in [-0.39, 0.29) is 6.04 Å². The van der Waals surface area contributed by atoms with Crippen molar-refractivity contribution in [1.82, 2.24) is 5.32 Å². The summed E-state index contributed by atoms with van der Waals surface area (Å²) < 4.78 is 3.57. The van der Waals surface area contributed by atoms with Crippen molar-refractivity contribution < 1.29 is 9.53 Å². The number of allylic oxidation sites excluding steroid dienone is 1. The molecule has 0 heterocycles. The van der Waals surface area contributed by atoms with Crippen LogP contribution in [0, 0.1) is 0 Å². The molecule has 0 spiro atoms. The summed E-state index contributed by atoms with van der Waals surface area (Å²) in [7, 11) is 0. The third-order valence-electron chi connectivity index (χ3n) is 3.67. The van der Waals surface area contributed by atoms with E-state index in [2.05, 4.69) is 5.32 Å². The summed E-state index contributed by atoms with van der Waals surface area (Å²) in [5.74, 6) is 0. The minimum Gasteiger partial charge on any atom is -0.437 e. The number of carbonyl (C=O) groups excluding carboxylic acids is 1.